The number of hydrogen-bond donors (Lipinski definition) is 2. The number of anilines is 2. The maximum atomic E-state index is 13.8. The van der Waals surface area contributed by atoms with Crippen molar-refractivity contribution in [1.29, 1.82) is 0 Å². The maximum Gasteiger partial charge on any atom is 0.418 e. The van der Waals surface area contributed by atoms with Gasteiger partial charge in [0, 0.05) is 23.8 Å². The molecule has 0 fully saturated rings. The van der Waals surface area contributed by atoms with E-state index in [-0.39, 0.29) is 17.7 Å². The first-order valence-electron chi connectivity index (χ1n) is 10.5. The number of carbonyl (C=O) groups excluding carboxylic acids is 2. The Bertz CT molecular complexity index is 1350. The van der Waals surface area contributed by atoms with Crippen LogP contribution in [0.1, 0.15) is 21.5 Å². The van der Waals surface area contributed by atoms with Crippen molar-refractivity contribution in [2.24, 2.45) is 0 Å². The number of nitrogens with one attached hydrogen (secondary N) is 2. The summed E-state index contributed by atoms with van der Waals surface area (Å²) in [5.74, 6) is -2.32. The maximum absolute atomic E-state index is 13.8. The summed E-state index contributed by atoms with van der Waals surface area (Å²) in [5.41, 5.74) is -0.576. The number of nitrogens with zero attached hydrogens (tertiary/aromatic N) is 1. The molecule has 178 valence electrons. The molecule has 5 nitrogen and oxygen atoms in total. The predicted molar refractivity (Wildman–Crippen MR) is 124 cm³/mol. The van der Waals surface area contributed by atoms with Crippen LogP contribution in [0, 0.1) is 5.82 Å². The Labute approximate surface area is 198 Å². The molecule has 0 bridgehead atoms. The van der Waals surface area contributed by atoms with Gasteiger partial charge in [0.25, 0.3) is 5.91 Å². The number of benzene rings is 3. The molecule has 0 aliphatic rings. The van der Waals surface area contributed by atoms with Crippen LogP contribution in [0.3, 0.4) is 0 Å². The molecule has 0 radical (unpaired) electrons. The van der Waals surface area contributed by atoms with Crippen LogP contribution < -0.4 is 10.6 Å². The van der Waals surface area contributed by atoms with Crippen LogP contribution in [-0.2, 0) is 17.4 Å². The van der Waals surface area contributed by atoms with Gasteiger partial charge in [-0.15, -0.1) is 0 Å². The highest BCUT2D eigenvalue weighted by Gasteiger charge is 2.34. The van der Waals surface area contributed by atoms with Gasteiger partial charge in [-0.05, 0) is 60.2 Å². The third-order valence-corrected chi connectivity index (χ3v) is 5.18. The topological polar surface area (TPSA) is 63.1 Å². The SMILES string of the molecule is O=C(Cc1ccc(-n2cccc2)cc1)Nc1ccc(NC(=O)c2ccccc2F)cc1C(F)(F)F. The number of aromatic nitrogens is 1. The molecule has 0 saturated carbocycles. The van der Waals surface area contributed by atoms with E-state index in [0.29, 0.717) is 11.6 Å². The lowest BCUT2D eigenvalue weighted by Gasteiger charge is -2.16. The lowest BCUT2D eigenvalue weighted by atomic mass is 10.1. The molecule has 35 heavy (non-hydrogen) atoms. The number of halogens is 4. The number of carbonyl (C=O) groups is 2. The Kier molecular flexibility index (Phi) is 6.68. The van der Waals surface area contributed by atoms with Crippen LogP contribution in [0.25, 0.3) is 5.69 Å². The first kappa shape index (κ1) is 23.7. The zero-order valence-electron chi connectivity index (χ0n) is 18.1. The molecule has 0 unspecified atom stereocenters. The minimum absolute atomic E-state index is 0.130. The molecule has 0 saturated heterocycles. The molecule has 4 aromatic rings. The summed E-state index contributed by atoms with van der Waals surface area (Å²) in [5, 5.41) is 4.55. The van der Waals surface area contributed by atoms with Crippen molar-refractivity contribution in [3.63, 3.8) is 0 Å². The zero-order chi connectivity index (χ0) is 25.0. The van der Waals surface area contributed by atoms with Gasteiger partial charge in [0.2, 0.25) is 5.91 Å². The Hall–Kier alpha value is -4.40. The van der Waals surface area contributed by atoms with E-state index in [1.54, 1.807) is 24.3 Å². The van der Waals surface area contributed by atoms with E-state index in [1.165, 1.54) is 24.3 Å². The molecule has 3 aromatic carbocycles. The first-order valence-corrected chi connectivity index (χ1v) is 10.5. The van der Waals surface area contributed by atoms with E-state index in [9.17, 15) is 27.2 Å². The van der Waals surface area contributed by atoms with E-state index in [2.05, 4.69) is 10.6 Å². The fourth-order valence-corrected chi connectivity index (χ4v) is 3.48. The highest BCUT2D eigenvalue weighted by Crippen LogP contribution is 2.37. The summed E-state index contributed by atoms with van der Waals surface area (Å²) >= 11 is 0. The van der Waals surface area contributed by atoms with Crippen LogP contribution in [0.5, 0.6) is 0 Å². The van der Waals surface area contributed by atoms with E-state index in [0.717, 1.165) is 17.8 Å². The molecule has 9 heteroatoms. The minimum Gasteiger partial charge on any atom is -0.325 e. The second-order valence-corrected chi connectivity index (χ2v) is 7.67. The molecule has 1 aromatic heterocycles. The van der Waals surface area contributed by atoms with Gasteiger partial charge in [0.05, 0.1) is 23.2 Å². The summed E-state index contributed by atoms with van der Waals surface area (Å²) in [6.07, 6.45) is -1.21. The van der Waals surface area contributed by atoms with E-state index in [1.807, 2.05) is 29.1 Å². The summed E-state index contributed by atoms with van der Waals surface area (Å²) in [6.45, 7) is 0. The fraction of sp³-hybridized carbons (Fsp3) is 0.0769. The zero-order valence-corrected chi connectivity index (χ0v) is 18.1. The van der Waals surface area contributed by atoms with Crippen LogP contribution in [0.15, 0.2) is 91.3 Å². The smallest absolute Gasteiger partial charge is 0.325 e. The van der Waals surface area contributed by atoms with Gasteiger partial charge >= 0.3 is 6.18 Å². The Morgan fingerprint density at radius 1 is 0.829 bits per heavy atom. The molecular weight excluding hydrogens is 462 g/mol. The molecular formula is C26H19F4N3O2. The number of amides is 2. The van der Waals surface area contributed by atoms with E-state index >= 15 is 0 Å². The predicted octanol–water partition coefficient (Wildman–Crippen LogP) is 6.07. The number of rotatable bonds is 6. The standard InChI is InChI=1S/C26H19F4N3O2/c27-22-6-2-1-5-20(22)25(35)31-18-9-12-23(21(16-18)26(28,29)30)32-24(34)15-17-7-10-19(11-8-17)33-13-3-4-14-33/h1-14,16H,15H2,(H,31,35)(H,32,34). The van der Waals surface area contributed by atoms with Crippen LogP contribution in [0.2, 0.25) is 0 Å². The molecule has 0 atom stereocenters. The number of alkyl halides is 3. The lowest BCUT2D eigenvalue weighted by molar-refractivity contribution is -0.136. The second kappa shape index (κ2) is 9.84. The lowest BCUT2D eigenvalue weighted by Crippen LogP contribution is -2.19. The third-order valence-electron chi connectivity index (χ3n) is 5.18. The Balaban J connectivity index is 1.48. The van der Waals surface area contributed by atoms with Gasteiger partial charge in [0.15, 0.2) is 0 Å². The summed E-state index contributed by atoms with van der Waals surface area (Å²) < 4.78 is 56.7. The van der Waals surface area contributed by atoms with Crippen LogP contribution >= 0.6 is 0 Å². The molecule has 1 heterocycles. The van der Waals surface area contributed by atoms with Gasteiger partial charge in [-0.3, -0.25) is 9.59 Å². The summed E-state index contributed by atoms with van der Waals surface area (Å²) in [7, 11) is 0. The van der Waals surface area contributed by atoms with Gasteiger partial charge in [-0.2, -0.15) is 13.2 Å². The van der Waals surface area contributed by atoms with Crippen molar-refractivity contribution in [1.82, 2.24) is 4.57 Å². The van der Waals surface area contributed by atoms with Gasteiger partial charge in [-0.25, -0.2) is 4.39 Å². The monoisotopic (exact) mass is 481 g/mol. The highest BCUT2D eigenvalue weighted by atomic mass is 19.4. The van der Waals surface area contributed by atoms with Crippen molar-refractivity contribution in [3.8, 4) is 5.69 Å². The van der Waals surface area contributed by atoms with Crippen molar-refractivity contribution in [2.45, 2.75) is 12.6 Å². The molecule has 0 spiro atoms. The minimum atomic E-state index is -4.81. The molecule has 2 N–H and O–H groups in total. The summed E-state index contributed by atoms with van der Waals surface area (Å²) in [6, 6.07) is 18.9. The van der Waals surface area contributed by atoms with Gasteiger partial charge < -0.3 is 15.2 Å². The highest BCUT2D eigenvalue weighted by molar-refractivity contribution is 6.04. The molecule has 4 rings (SSSR count). The normalized spacial score (nSPS) is 11.2. The second-order valence-electron chi connectivity index (χ2n) is 7.67. The average molecular weight is 481 g/mol. The third kappa shape index (κ3) is 5.75. The van der Waals surface area contributed by atoms with Gasteiger partial charge in [-0.1, -0.05) is 24.3 Å². The Morgan fingerprint density at radius 2 is 1.51 bits per heavy atom. The molecule has 0 aliphatic heterocycles. The fourth-order valence-electron chi connectivity index (χ4n) is 3.48. The largest absolute Gasteiger partial charge is 0.418 e. The summed E-state index contributed by atoms with van der Waals surface area (Å²) in [4.78, 5) is 24.7. The van der Waals surface area contributed by atoms with Crippen molar-refractivity contribution >= 4 is 23.2 Å². The van der Waals surface area contributed by atoms with Crippen LogP contribution in [0.4, 0.5) is 28.9 Å². The van der Waals surface area contributed by atoms with Crippen molar-refractivity contribution < 1.29 is 27.2 Å². The average Bonchev–Trinajstić information content (AvgIpc) is 3.35. The quantitative estimate of drug-likeness (QED) is 0.329. The van der Waals surface area contributed by atoms with Crippen molar-refractivity contribution in [3.05, 3.63) is 114 Å². The number of hydrogen-bond acceptors (Lipinski definition) is 2. The van der Waals surface area contributed by atoms with Crippen LogP contribution in [-0.4, -0.2) is 16.4 Å². The van der Waals surface area contributed by atoms with Gasteiger partial charge in [0.1, 0.15) is 5.82 Å². The molecule has 2 amide bonds. The van der Waals surface area contributed by atoms with E-state index < -0.39 is 35.1 Å². The van der Waals surface area contributed by atoms with Crippen molar-refractivity contribution in [2.75, 3.05) is 10.6 Å². The Morgan fingerprint density at radius 3 is 2.17 bits per heavy atom. The first-order chi connectivity index (χ1) is 16.7. The van der Waals surface area contributed by atoms with E-state index in [4.69, 9.17) is 0 Å². The molecule has 0 aliphatic carbocycles.